The molecule has 16 heteroatoms. The Balaban J connectivity index is 0. The van der Waals surface area contributed by atoms with E-state index in [9.17, 15) is 35.9 Å². The molecule has 0 unspecified atom stereocenters. The molecule has 0 saturated heterocycles. The lowest BCUT2D eigenvalue weighted by atomic mass is 9.91. The number of aliphatic hydroxyl groups excluding tert-OH is 2. The number of alkyl carbamates (subject to hydrolysis) is 2. The summed E-state index contributed by atoms with van der Waals surface area (Å²) in [5, 5.41) is 28.1. The van der Waals surface area contributed by atoms with Gasteiger partial charge < -0.3 is 41.0 Å². The molecule has 0 spiro atoms. The zero-order valence-corrected chi connectivity index (χ0v) is 27.5. The van der Waals surface area contributed by atoms with Crippen LogP contribution in [0.5, 0.6) is 0 Å². The molecule has 10 nitrogen and oxygen atoms in total. The molecular formula is C34H54F6N4O6. The molecule has 4 rings (SSSR count). The molecule has 2 aromatic rings. The number of halogens is 6. The molecule has 0 bridgehead atoms. The van der Waals surface area contributed by atoms with Gasteiger partial charge in [-0.1, -0.05) is 60.7 Å². The number of aliphatic hydroxyl groups is 2. The normalized spacial score (nSPS) is 22.2. The van der Waals surface area contributed by atoms with Crippen LogP contribution in [0.2, 0.25) is 0 Å². The highest BCUT2D eigenvalue weighted by Gasteiger charge is 2.41. The van der Waals surface area contributed by atoms with Crippen LogP contribution in [0.25, 0.3) is 0 Å². The monoisotopic (exact) mass is 728 g/mol. The van der Waals surface area contributed by atoms with Crippen molar-refractivity contribution in [1.82, 2.24) is 21.3 Å². The molecular weight excluding hydrogens is 674 g/mol. The van der Waals surface area contributed by atoms with E-state index in [0.717, 1.165) is 11.1 Å². The molecule has 0 radical (unpaired) electrons. The molecule has 2 aromatic carbocycles. The molecule has 2 atom stereocenters. The van der Waals surface area contributed by atoms with Gasteiger partial charge in [-0.25, -0.2) is 9.59 Å². The summed E-state index contributed by atoms with van der Waals surface area (Å²) in [5.41, 5.74) is 1.76. The average Bonchev–Trinajstić information content (AvgIpc) is 3.09. The number of rotatable bonds is 12. The minimum Gasteiger partial charge on any atom is -0.445 e. The van der Waals surface area contributed by atoms with Crippen LogP contribution in [0.3, 0.4) is 0 Å². The number of nitrogens with one attached hydrogen (secondary N) is 4. The summed E-state index contributed by atoms with van der Waals surface area (Å²) in [6, 6.07) is 13.9. The van der Waals surface area contributed by atoms with E-state index in [1.54, 1.807) is 0 Å². The van der Waals surface area contributed by atoms with Gasteiger partial charge in [-0.05, 0) is 62.5 Å². The number of hydrogen-bond acceptors (Lipinski definition) is 8. The highest BCUT2D eigenvalue weighted by atomic mass is 19.4. The lowest BCUT2D eigenvalue weighted by Gasteiger charge is -2.32. The van der Waals surface area contributed by atoms with Gasteiger partial charge in [0, 0.05) is 29.9 Å². The Bertz CT molecular complexity index is 1180. The Hall–Kier alpha value is -3.60. The maximum absolute atomic E-state index is 12.7. The maximum atomic E-state index is 12.7. The summed E-state index contributed by atoms with van der Waals surface area (Å²) in [4.78, 5) is 23.6. The van der Waals surface area contributed by atoms with Crippen molar-refractivity contribution in [3.05, 3.63) is 71.8 Å². The zero-order valence-electron chi connectivity index (χ0n) is 27.5. The fourth-order valence-corrected chi connectivity index (χ4v) is 5.74. The molecule has 0 aliphatic heterocycles. The van der Waals surface area contributed by atoms with Gasteiger partial charge in [-0.3, -0.25) is 0 Å². The molecule has 2 amide bonds. The molecule has 288 valence electrons. The van der Waals surface area contributed by atoms with E-state index in [2.05, 4.69) is 21.3 Å². The standard InChI is InChI=1S/2C17H23F3N2O3.4H2/c2*18-17(19,20)15(10-23)21-13-6-8-14(9-7-13)22-16(24)25-11-12-4-2-1-3-5-12;;;;/h2*1-5,13-15,21,23H,6-11H2,(H,22,24);4*1H/t2*13?,14?,15-;;;;/m00..../s1. The van der Waals surface area contributed by atoms with Crippen molar-refractivity contribution in [3.63, 3.8) is 0 Å². The quantitative estimate of drug-likeness (QED) is 0.137. The Morgan fingerprint density at radius 2 is 0.900 bits per heavy atom. The third-order valence-electron chi connectivity index (χ3n) is 8.55. The fraction of sp³-hybridized carbons (Fsp3) is 0.588. The fourth-order valence-electron chi connectivity index (χ4n) is 5.74. The first-order chi connectivity index (χ1) is 23.8. The van der Waals surface area contributed by atoms with Crippen LogP contribution in [-0.4, -0.2) is 84.2 Å². The van der Waals surface area contributed by atoms with Crippen LogP contribution in [-0.2, 0) is 22.7 Å². The molecule has 2 fully saturated rings. The highest BCUT2D eigenvalue weighted by Crippen LogP contribution is 2.26. The van der Waals surface area contributed by atoms with Gasteiger partial charge in [0.15, 0.2) is 0 Å². The summed E-state index contributed by atoms with van der Waals surface area (Å²) in [5.74, 6) is 0. The number of amides is 2. The van der Waals surface area contributed by atoms with Crippen molar-refractivity contribution in [3.8, 4) is 0 Å². The van der Waals surface area contributed by atoms with Crippen molar-refractivity contribution in [2.24, 2.45) is 0 Å². The molecule has 2 aliphatic carbocycles. The first-order valence-corrected chi connectivity index (χ1v) is 16.6. The molecule has 0 aromatic heterocycles. The first kappa shape index (κ1) is 40.8. The van der Waals surface area contributed by atoms with Gasteiger partial charge in [0.05, 0.1) is 13.2 Å². The van der Waals surface area contributed by atoms with E-state index in [1.807, 2.05) is 60.7 Å². The van der Waals surface area contributed by atoms with Crippen LogP contribution in [0.1, 0.15) is 68.2 Å². The SMILES string of the molecule is O=C(NC1CCC(N[C@@H](CO)C(F)(F)F)CC1)OCc1ccccc1.O=C(NC1CCC(N[C@@H](CO)C(F)(F)F)CC1)OCc1ccccc1.[HH].[HH].[HH].[HH]. The van der Waals surface area contributed by atoms with Crippen molar-refractivity contribution < 1.29 is 61.3 Å². The van der Waals surface area contributed by atoms with Crippen LogP contribution in [0.15, 0.2) is 60.7 Å². The molecule has 50 heavy (non-hydrogen) atoms. The summed E-state index contributed by atoms with van der Waals surface area (Å²) < 4.78 is 86.2. The number of ether oxygens (including phenoxy) is 2. The Kier molecular flexibility index (Phi) is 16.6. The zero-order chi connectivity index (χ0) is 36.6. The molecule has 6 N–H and O–H groups in total. The summed E-state index contributed by atoms with van der Waals surface area (Å²) in [6.07, 6.45) is -5.74. The number of benzene rings is 2. The van der Waals surface area contributed by atoms with E-state index < -0.39 is 49.8 Å². The van der Waals surface area contributed by atoms with Gasteiger partial charge in [0.2, 0.25) is 0 Å². The van der Waals surface area contributed by atoms with Gasteiger partial charge in [-0.2, -0.15) is 26.3 Å². The van der Waals surface area contributed by atoms with Gasteiger partial charge in [0.25, 0.3) is 0 Å². The van der Waals surface area contributed by atoms with Crippen LogP contribution in [0.4, 0.5) is 35.9 Å². The van der Waals surface area contributed by atoms with Gasteiger partial charge in [0.1, 0.15) is 25.3 Å². The van der Waals surface area contributed by atoms with Crippen LogP contribution < -0.4 is 21.3 Å². The highest BCUT2D eigenvalue weighted by molar-refractivity contribution is 5.68. The first-order valence-electron chi connectivity index (χ1n) is 16.6. The van der Waals surface area contributed by atoms with Crippen molar-refractivity contribution >= 4 is 12.2 Å². The van der Waals surface area contributed by atoms with E-state index in [4.69, 9.17) is 19.7 Å². The molecule has 0 heterocycles. The lowest BCUT2D eigenvalue weighted by Crippen LogP contribution is -2.51. The minimum atomic E-state index is -4.47. The largest absolute Gasteiger partial charge is 0.445 e. The molecule has 2 saturated carbocycles. The number of alkyl halides is 6. The lowest BCUT2D eigenvalue weighted by molar-refractivity contribution is -0.167. The minimum absolute atomic E-state index is 0. The van der Waals surface area contributed by atoms with Crippen molar-refractivity contribution in [1.29, 1.82) is 0 Å². The van der Waals surface area contributed by atoms with Crippen LogP contribution >= 0.6 is 0 Å². The summed E-state index contributed by atoms with van der Waals surface area (Å²) in [6.45, 7) is -1.61. The average molecular weight is 729 g/mol. The third kappa shape index (κ3) is 15.1. The second kappa shape index (κ2) is 20.3. The third-order valence-corrected chi connectivity index (χ3v) is 8.55. The van der Waals surface area contributed by atoms with Gasteiger partial charge >= 0.3 is 24.5 Å². The second-order valence-electron chi connectivity index (χ2n) is 12.4. The van der Waals surface area contributed by atoms with E-state index in [1.165, 1.54) is 0 Å². The number of carbonyl (C=O) groups is 2. The van der Waals surface area contributed by atoms with Crippen molar-refractivity contribution in [2.75, 3.05) is 13.2 Å². The van der Waals surface area contributed by atoms with Crippen molar-refractivity contribution in [2.45, 2.75) is 113 Å². The summed E-state index contributed by atoms with van der Waals surface area (Å²) in [7, 11) is 0. The Morgan fingerprint density at radius 1 is 0.600 bits per heavy atom. The maximum Gasteiger partial charge on any atom is 0.407 e. The second-order valence-corrected chi connectivity index (χ2v) is 12.4. The topological polar surface area (TPSA) is 141 Å². The summed E-state index contributed by atoms with van der Waals surface area (Å²) >= 11 is 0. The van der Waals surface area contributed by atoms with E-state index in [-0.39, 0.29) is 43.1 Å². The van der Waals surface area contributed by atoms with Gasteiger partial charge in [-0.15, -0.1) is 0 Å². The smallest absolute Gasteiger partial charge is 0.407 e. The van der Waals surface area contributed by atoms with E-state index in [0.29, 0.717) is 51.4 Å². The van der Waals surface area contributed by atoms with E-state index >= 15 is 0 Å². The molecule has 2 aliphatic rings. The Labute approximate surface area is 293 Å². The Morgan fingerprint density at radius 3 is 1.18 bits per heavy atom. The number of hydrogen-bond donors (Lipinski definition) is 6. The predicted octanol–water partition coefficient (Wildman–Crippen LogP) is 6.46. The predicted molar refractivity (Wildman–Crippen MR) is 180 cm³/mol. The van der Waals surface area contributed by atoms with Crippen LogP contribution in [0, 0.1) is 0 Å². The number of carbonyl (C=O) groups excluding carboxylic acids is 2.